The lowest BCUT2D eigenvalue weighted by Crippen LogP contribution is -2.30. The number of nitrogens with zero attached hydrogens (tertiary/aromatic N) is 1. The molecule has 1 fully saturated rings. The molecule has 5 nitrogen and oxygen atoms in total. The Bertz CT molecular complexity index is 211. The van der Waals surface area contributed by atoms with Gasteiger partial charge in [0.15, 0.2) is 6.61 Å². The topological polar surface area (TPSA) is 55.8 Å². The molecule has 80 valence electrons. The van der Waals surface area contributed by atoms with E-state index in [1.54, 1.807) is 11.8 Å². The number of amides is 1. The van der Waals surface area contributed by atoms with Gasteiger partial charge in [0, 0.05) is 13.1 Å². The van der Waals surface area contributed by atoms with Crippen LogP contribution in [0, 0.1) is 0 Å². The molecule has 14 heavy (non-hydrogen) atoms. The minimum atomic E-state index is -0.500. The largest absolute Gasteiger partial charge is 0.463 e. The number of hydrogen-bond acceptors (Lipinski definition) is 4. The minimum Gasteiger partial charge on any atom is -0.463 e. The molecule has 0 bridgehead atoms. The van der Waals surface area contributed by atoms with Crippen molar-refractivity contribution in [2.45, 2.75) is 19.8 Å². The summed E-state index contributed by atoms with van der Waals surface area (Å²) in [5.74, 6) is -0.500. The maximum Gasteiger partial charge on any atom is 0.410 e. The van der Waals surface area contributed by atoms with Gasteiger partial charge in [-0.05, 0) is 19.8 Å². The standard InChI is InChI=1S/C9H15NO4/c1-2-13-8(11)7-14-9(12)10-5-3-4-6-10/h2-7H2,1H3. The van der Waals surface area contributed by atoms with E-state index in [9.17, 15) is 9.59 Å². The fraction of sp³-hybridized carbons (Fsp3) is 0.778. The summed E-state index contributed by atoms with van der Waals surface area (Å²) >= 11 is 0. The third-order valence-electron chi connectivity index (χ3n) is 1.98. The van der Waals surface area contributed by atoms with E-state index in [-0.39, 0.29) is 6.61 Å². The van der Waals surface area contributed by atoms with E-state index in [2.05, 4.69) is 4.74 Å². The SMILES string of the molecule is CCOC(=O)COC(=O)N1CCCC1. The third kappa shape index (κ3) is 3.24. The van der Waals surface area contributed by atoms with Crippen molar-refractivity contribution in [1.29, 1.82) is 0 Å². The average Bonchev–Trinajstić information content (AvgIpc) is 2.67. The van der Waals surface area contributed by atoms with Crippen molar-refractivity contribution in [3.63, 3.8) is 0 Å². The number of hydrogen-bond donors (Lipinski definition) is 0. The van der Waals surface area contributed by atoms with Crippen LogP contribution in [0.3, 0.4) is 0 Å². The highest BCUT2D eigenvalue weighted by Crippen LogP contribution is 2.08. The first-order valence-corrected chi connectivity index (χ1v) is 4.81. The number of rotatable bonds is 3. The fourth-order valence-electron chi connectivity index (χ4n) is 1.31. The summed E-state index contributed by atoms with van der Waals surface area (Å²) in [5, 5.41) is 0. The number of esters is 1. The molecule has 0 saturated carbocycles. The van der Waals surface area contributed by atoms with Crippen molar-refractivity contribution >= 4 is 12.1 Å². The summed E-state index contributed by atoms with van der Waals surface area (Å²) in [7, 11) is 0. The van der Waals surface area contributed by atoms with Crippen molar-refractivity contribution < 1.29 is 19.1 Å². The van der Waals surface area contributed by atoms with Crippen LogP contribution in [0.1, 0.15) is 19.8 Å². The molecule has 0 unspecified atom stereocenters. The summed E-state index contributed by atoms with van der Waals surface area (Å²) in [6, 6.07) is 0. The van der Waals surface area contributed by atoms with Crippen LogP contribution in [-0.2, 0) is 14.3 Å². The molecule has 1 aliphatic rings. The number of carbonyl (C=O) groups is 2. The van der Waals surface area contributed by atoms with Crippen LogP contribution in [-0.4, -0.2) is 43.3 Å². The quantitative estimate of drug-likeness (QED) is 0.633. The second-order valence-corrected chi connectivity index (χ2v) is 3.05. The highest BCUT2D eigenvalue weighted by atomic mass is 16.6. The van der Waals surface area contributed by atoms with Crippen molar-refractivity contribution in [1.82, 2.24) is 4.90 Å². The minimum absolute atomic E-state index is 0.289. The zero-order valence-electron chi connectivity index (χ0n) is 8.32. The summed E-state index contributed by atoms with van der Waals surface area (Å²) in [5.41, 5.74) is 0. The van der Waals surface area contributed by atoms with Crippen LogP contribution in [0.25, 0.3) is 0 Å². The maximum atomic E-state index is 11.2. The smallest absolute Gasteiger partial charge is 0.410 e. The van der Waals surface area contributed by atoms with E-state index < -0.39 is 12.1 Å². The predicted octanol–water partition coefficient (Wildman–Crippen LogP) is 0.782. The zero-order chi connectivity index (χ0) is 10.4. The molecule has 0 aliphatic carbocycles. The Kier molecular flexibility index (Phi) is 4.22. The molecular weight excluding hydrogens is 186 g/mol. The maximum absolute atomic E-state index is 11.2. The molecule has 0 radical (unpaired) electrons. The van der Waals surface area contributed by atoms with Gasteiger partial charge in [0.2, 0.25) is 0 Å². The molecular formula is C9H15NO4. The van der Waals surface area contributed by atoms with Gasteiger partial charge in [0.25, 0.3) is 0 Å². The van der Waals surface area contributed by atoms with Gasteiger partial charge in [-0.25, -0.2) is 9.59 Å². The Morgan fingerprint density at radius 3 is 2.43 bits per heavy atom. The molecule has 0 spiro atoms. The van der Waals surface area contributed by atoms with Gasteiger partial charge in [-0.2, -0.15) is 0 Å². The lowest BCUT2D eigenvalue weighted by Gasteiger charge is -2.14. The Morgan fingerprint density at radius 1 is 1.21 bits per heavy atom. The molecule has 5 heteroatoms. The molecule has 0 aromatic rings. The Balaban J connectivity index is 2.17. The Hall–Kier alpha value is -1.26. The third-order valence-corrected chi connectivity index (χ3v) is 1.98. The normalized spacial score (nSPS) is 15.4. The molecule has 0 N–H and O–H groups in total. The van der Waals surface area contributed by atoms with E-state index in [1.165, 1.54) is 0 Å². The van der Waals surface area contributed by atoms with Crippen molar-refractivity contribution in [2.75, 3.05) is 26.3 Å². The molecule has 1 aliphatic heterocycles. The Morgan fingerprint density at radius 2 is 1.86 bits per heavy atom. The highest BCUT2D eigenvalue weighted by molar-refractivity contribution is 5.75. The molecule has 1 heterocycles. The van der Waals surface area contributed by atoms with Crippen LogP contribution < -0.4 is 0 Å². The molecule has 0 aromatic carbocycles. The van der Waals surface area contributed by atoms with E-state index in [1.807, 2.05) is 0 Å². The second kappa shape index (κ2) is 5.47. The summed E-state index contributed by atoms with van der Waals surface area (Å²) in [4.78, 5) is 23.7. The van der Waals surface area contributed by atoms with Gasteiger partial charge in [-0.1, -0.05) is 0 Å². The van der Waals surface area contributed by atoms with Crippen LogP contribution in [0.2, 0.25) is 0 Å². The van der Waals surface area contributed by atoms with Gasteiger partial charge >= 0.3 is 12.1 Å². The summed E-state index contributed by atoms with van der Waals surface area (Å²) < 4.78 is 9.37. The molecule has 1 rings (SSSR count). The van der Waals surface area contributed by atoms with E-state index in [0.717, 1.165) is 25.9 Å². The number of likely N-dealkylation sites (tertiary alicyclic amines) is 1. The monoisotopic (exact) mass is 201 g/mol. The Labute approximate surface area is 83.0 Å². The average molecular weight is 201 g/mol. The van der Waals surface area contributed by atoms with Gasteiger partial charge in [-0.3, -0.25) is 0 Å². The highest BCUT2D eigenvalue weighted by Gasteiger charge is 2.19. The van der Waals surface area contributed by atoms with Crippen LogP contribution in [0.4, 0.5) is 4.79 Å². The predicted molar refractivity (Wildman–Crippen MR) is 48.8 cm³/mol. The zero-order valence-corrected chi connectivity index (χ0v) is 8.32. The van der Waals surface area contributed by atoms with Gasteiger partial charge in [0.1, 0.15) is 0 Å². The molecule has 1 saturated heterocycles. The van der Waals surface area contributed by atoms with Crippen LogP contribution in [0.5, 0.6) is 0 Å². The van der Waals surface area contributed by atoms with E-state index in [4.69, 9.17) is 4.74 Å². The summed E-state index contributed by atoms with van der Waals surface area (Å²) in [6.07, 6.45) is 1.60. The van der Waals surface area contributed by atoms with E-state index in [0.29, 0.717) is 6.61 Å². The lowest BCUT2D eigenvalue weighted by molar-refractivity contribution is -0.146. The van der Waals surface area contributed by atoms with Crippen molar-refractivity contribution in [3.8, 4) is 0 Å². The number of ether oxygens (including phenoxy) is 2. The first-order valence-electron chi connectivity index (χ1n) is 4.81. The van der Waals surface area contributed by atoms with Crippen LogP contribution >= 0.6 is 0 Å². The van der Waals surface area contributed by atoms with Crippen LogP contribution in [0.15, 0.2) is 0 Å². The van der Waals surface area contributed by atoms with Crippen molar-refractivity contribution in [2.24, 2.45) is 0 Å². The van der Waals surface area contributed by atoms with Crippen molar-refractivity contribution in [3.05, 3.63) is 0 Å². The summed E-state index contributed by atoms with van der Waals surface area (Å²) in [6.45, 7) is 3.17. The second-order valence-electron chi connectivity index (χ2n) is 3.05. The first kappa shape index (κ1) is 10.8. The van der Waals surface area contributed by atoms with Gasteiger partial charge in [-0.15, -0.1) is 0 Å². The molecule has 0 aromatic heterocycles. The number of carbonyl (C=O) groups excluding carboxylic acids is 2. The fourth-order valence-corrected chi connectivity index (χ4v) is 1.31. The molecule has 0 atom stereocenters. The lowest BCUT2D eigenvalue weighted by atomic mass is 10.4. The van der Waals surface area contributed by atoms with Gasteiger partial charge < -0.3 is 14.4 Å². The molecule has 1 amide bonds. The van der Waals surface area contributed by atoms with E-state index >= 15 is 0 Å². The van der Waals surface area contributed by atoms with Gasteiger partial charge in [0.05, 0.1) is 6.61 Å². The first-order chi connectivity index (χ1) is 6.74.